The van der Waals surface area contributed by atoms with Crippen molar-refractivity contribution in [1.82, 2.24) is 15.2 Å². The Kier molecular flexibility index (Phi) is 3.65. The summed E-state index contributed by atoms with van der Waals surface area (Å²) in [5.74, 6) is 5.20. The van der Waals surface area contributed by atoms with Crippen molar-refractivity contribution in [2.75, 3.05) is 5.73 Å². The van der Waals surface area contributed by atoms with E-state index in [0.29, 0.717) is 11.3 Å². The van der Waals surface area contributed by atoms with Crippen molar-refractivity contribution in [3.05, 3.63) is 45.9 Å². The maximum atomic E-state index is 13.3. The number of nitrogens with zero attached hydrogens (tertiary/aromatic N) is 2. The molecule has 0 radical (unpaired) electrons. The predicted molar refractivity (Wildman–Crippen MR) is 70.9 cm³/mol. The molecule has 0 amide bonds. The Balaban J connectivity index is 2.55. The van der Waals surface area contributed by atoms with Gasteiger partial charge in [0, 0.05) is 18.3 Å². The fourth-order valence-electron chi connectivity index (χ4n) is 1.86. The fourth-order valence-corrected chi connectivity index (χ4v) is 2.43. The van der Waals surface area contributed by atoms with E-state index in [2.05, 4.69) is 26.5 Å². The smallest absolute Gasteiger partial charge is 0.123 e. The molecule has 0 saturated heterocycles. The number of nitrogens with one attached hydrogen (secondary N) is 1. The summed E-state index contributed by atoms with van der Waals surface area (Å²) in [5, 5.41) is 4.10. The largest absolute Gasteiger partial charge is 0.398 e. The highest BCUT2D eigenvalue weighted by Crippen LogP contribution is 2.30. The van der Waals surface area contributed by atoms with Crippen LogP contribution in [0.3, 0.4) is 0 Å². The van der Waals surface area contributed by atoms with Gasteiger partial charge in [0.2, 0.25) is 0 Å². The summed E-state index contributed by atoms with van der Waals surface area (Å²) in [5.41, 5.74) is 10.3. The van der Waals surface area contributed by atoms with Gasteiger partial charge in [0.25, 0.3) is 0 Å². The van der Waals surface area contributed by atoms with Crippen molar-refractivity contribution < 1.29 is 4.39 Å². The van der Waals surface area contributed by atoms with E-state index >= 15 is 0 Å². The Labute approximate surface area is 112 Å². The van der Waals surface area contributed by atoms with E-state index in [0.717, 1.165) is 10.2 Å². The van der Waals surface area contributed by atoms with Crippen molar-refractivity contribution >= 4 is 21.6 Å². The minimum Gasteiger partial charge on any atom is -0.398 e. The first-order valence-electron chi connectivity index (χ1n) is 5.23. The second-order valence-corrected chi connectivity index (χ2v) is 4.73. The predicted octanol–water partition coefficient (Wildman–Crippen LogP) is 1.46. The van der Waals surface area contributed by atoms with Gasteiger partial charge in [-0.15, -0.1) is 0 Å². The van der Waals surface area contributed by atoms with Gasteiger partial charge in [0.1, 0.15) is 5.82 Å². The Morgan fingerprint density at radius 1 is 1.50 bits per heavy atom. The van der Waals surface area contributed by atoms with E-state index in [1.165, 1.54) is 18.2 Å². The third-order valence-electron chi connectivity index (χ3n) is 2.74. The van der Waals surface area contributed by atoms with E-state index in [-0.39, 0.29) is 5.82 Å². The zero-order chi connectivity index (χ0) is 13.3. The Morgan fingerprint density at radius 3 is 2.78 bits per heavy atom. The maximum absolute atomic E-state index is 13.3. The summed E-state index contributed by atoms with van der Waals surface area (Å²) in [7, 11) is 1.78. The molecule has 96 valence electrons. The Hall–Kier alpha value is -1.44. The van der Waals surface area contributed by atoms with Crippen LogP contribution in [0.5, 0.6) is 0 Å². The number of rotatable bonds is 3. The fraction of sp³-hybridized carbons (Fsp3) is 0.182. The van der Waals surface area contributed by atoms with E-state index < -0.39 is 6.04 Å². The molecule has 1 aromatic carbocycles. The van der Waals surface area contributed by atoms with Crippen LogP contribution in [0.1, 0.15) is 17.3 Å². The number of aromatic nitrogens is 2. The van der Waals surface area contributed by atoms with Gasteiger partial charge in [-0.3, -0.25) is 10.5 Å². The SMILES string of the molecule is Cn1ncc(Br)c1C(NN)c1cc(F)ccc1N. The average molecular weight is 314 g/mol. The van der Waals surface area contributed by atoms with Crippen molar-refractivity contribution in [2.24, 2.45) is 12.9 Å². The molecule has 0 spiro atoms. The highest BCUT2D eigenvalue weighted by atomic mass is 79.9. The number of hydrogen-bond acceptors (Lipinski definition) is 4. The van der Waals surface area contributed by atoms with Crippen molar-refractivity contribution in [2.45, 2.75) is 6.04 Å². The number of halogens is 2. The summed E-state index contributed by atoms with van der Waals surface area (Å²) in [6.07, 6.45) is 1.65. The summed E-state index contributed by atoms with van der Waals surface area (Å²) < 4.78 is 15.8. The Morgan fingerprint density at radius 2 is 2.22 bits per heavy atom. The van der Waals surface area contributed by atoms with Crippen LogP contribution in [0.4, 0.5) is 10.1 Å². The number of hydrazine groups is 1. The van der Waals surface area contributed by atoms with Crippen molar-refractivity contribution in [1.29, 1.82) is 0 Å². The van der Waals surface area contributed by atoms with Crippen molar-refractivity contribution in [3.63, 3.8) is 0 Å². The molecular weight excluding hydrogens is 301 g/mol. The second kappa shape index (κ2) is 5.05. The van der Waals surface area contributed by atoms with Gasteiger partial charge in [-0.1, -0.05) is 0 Å². The molecule has 2 aromatic rings. The van der Waals surface area contributed by atoms with E-state index in [1.807, 2.05) is 0 Å². The van der Waals surface area contributed by atoms with Gasteiger partial charge in [-0.05, 0) is 34.1 Å². The highest BCUT2D eigenvalue weighted by Gasteiger charge is 2.22. The molecule has 0 aliphatic carbocycles. The number of benzene rings is 1. The lowest BCUT2D eigenvalue weighted by molar-refractivity contribution is 0.566. The minimum atomic E-state index is -0.442. The molecule has 18 heavy (non-hydrogen) atoms. The molecule has 0 bridgehead atoms. The first-order chi connectivity index (χ1) is 8.54. The molecule has 7 heteroatoms. The summed E-state index contributed by atoms with van der Waals surface area (Å²) in [6, 6.07) is 3.74. The number of anilines is 1. The Bertz CT molecular complexity index is 549. The number of aryl methyl sites for hydroxylation is 1. The second-order valence-electron chi connectivity index (χ2n) is 3.87. The van der Waals surface area contributed by atoms with E-state index in [4.69, 9.17) is 11.6 Å². The van der Waals surface area contributed by atoms with Crippen LogP contribution in [0.2, 0.25) is 0 Å². The number of hydrogen-bond donors (Lipinski definition) is 3. The summed E-state index contributed by atoms with van der Waals surface area (Å²) >= 11 is 3.39. The quantitative estimate of drug-likeness (QED) is 0.455. The molecule has 5 nitrogen and oxygen atoms in total. The minimum absolute atomic E-state index is 0.363. The monoisotopic (exact) mass is 313 g/mol. The van der Waals surface area contributed by atoms with Gasteiger partial charge >= 0.3 is 0 Å². The lowest BCUT2D eigenvalue weighted by Gasteiger charge is -2.19. The number of nitrogens with two attached hydrogens (primary N) is 2. The third kappa shape index (κ3) is 2.24. The molecule has 0 fully saturated rings. The summed E-state index contributed by atoms with van der Waals surface area (Å²) in [4.78, 5) is 0. The third-order valence-corrected chi connectivity index (χ3v) is 3.35. The first-order valence-corrected chi connectivity index (χ1v) is 6.02. The van der Waals surface area contributed by atoms with E-state index in [1.54, 1.807) is 17.9 Å². The molecule has 5 N–H and O–H groups in total. The average Bonchev–Trinajstić information content (AvgIpc) is 2.66. The maximum Gasteiger partial charge on any atom is 0.123 e. The van der Waals surface area contributed by atoms with Gasteiger partial charge in [0.05, 0.1) is 22.4 Å². The zero-order valence-corrected chi connectivity index (χ0v) is 11.3. The van der Waals surface area contributed by atoms with Gasteiger partial charge in [-0.25, -0.2) is 9.82 Å². The lowest BCUT2D eigenvalue weighted by atomic mass is 10.0. The normalized spacial score (nSPS) is 12.7. The van der Waals surface area contributed by atoms with E-state index in [9.17, 15) is 4.39 Å². The lowest BCUT2D eigenvalue weighted by Crippen LogP contribution is -2.31. The molecule has 0 saturated carbocycles. The van der Waals surface area contributed by atoms with Crippen LogP contribution < -0.4 is 17.0 Å². The zero-order valence-electron chi connectivity index (χ0n) is 9.69. The van der Waals surface area contributed by atoms with Crippen LogP contribution in [0.15, 0.2) is 28.9 Å². The van der Waals surface area contributed by atoms with Crippen LogP contribution in [-0.4, -0.2) is 9.78 Å². The molecular formula is C11H13BrFN5. The summed E-state index contributed by atoms with van der Waals surface area (Å²) in [6.45, 7) is 0. The molecule has 1 unspecified atom stereocenters. The highest BCUT2D eigenvalue weighted by molar-refractivity contribution is 9.10. The van der Waals surface area contributed by atoms with Crippen LogP contribution in [0, 0.1) is 5.82 Å². The van der Waals surface area contributed by atoms with Gasteiger partial charge in [-0.2, -0.15) is 5.10 Å². The van der Waals surface area contributed by atoms with Gasteiger partial charge in [0.15, 0.2) is 0 Å². The van der Waals surface area contributed by atoms with Crippen molar-refractivity contribution in [3.8, 4) is 0 Å². The van der Waals surface area contributed by atoms with Crippen LogP contribution >= 0.6 is 15.9 Å². The molecule has 1 aromatic heterocycles. The molecule has 0 aliphatic heterocycles. The molecule has 1 heterocycles. The molecule has 1 atom stereocenters. The van der Waals surface area contributed by atoms with Crippen LogP contribution in [0.25, 0.3) is 0 Å². The van der Waals surface area contributed by atoms with Crippen LogP contribution in [-0.2, 0) is 7.05 Å². The van der Waals surface area contributed by atoms with Gasteiger partial charge < -0.3 is 5.73 Å². The first kappa shape index (κ1) is 13.0. The topological polar surface area (TPSA) is 81.9 Å². The molecule has 2 rings (SSSR count). The molecule has 0 aliphatic rings. The standard InChI is InChI=1S/C11H13BrFN5/c1-18-11(8(12)5-16-18)10(17-15)7-4-6(13)2-3-9(7)14/h2-5,10,17H,14-15H2,1H3. The number of nitrogen functional groups attached to an aromatic ring is 1.